The molecule has 0 atom stereocenters. The van der Waals surface area contributed by atoms with Gasteiger partial charge in [-0.05, 0) is 25.1 Å². The van der Waals surface area contributed by atoms with E-state index >= 15 is 0 Å². The average Bonchev–Trinajstić information content (AvgIpc) is 2.82. The number of aromatic nitrogens is 2. The number of nitrogens with zero attached hydrogens (tertiary/aromatic N) is 2. The third-order valence-corrected chi connectivity index (χ3v) is 3.11. The van der Waals surface area contributed by atoms with Gasteiger partial charge in [0.15, 0.2) is 0 Å². The molecule has 2 aromatic rings. The molecule has 0 bridgehead atoms. The maximum Gasteiger partial charge on any atom is 0.283 e. The quantitative estimate of drug-likeness (QED) is 0.517. The number of nitrogens with two attached hydrogens (primary N) is 1. The van der Waals surface area contributed by atoms with E-state index in [1.165, 1.54) is 0 Å². The highest BCUT2D eigenvalue weighted by Crippen LogP contribution is 2.21. The topological polar surface area (TPSA) is 72.9 Å². The monoisotopic (exact) mass is 308 g/mol. The molecule has 1 aromatic heterocycles. The first-order valence-electron chi connectivity index (χ1n) is 5.50. The first-order chi connectivity index (χ1) is 8.65. The molecule has 0 radical (unpaired) electrons. The van der Waals surface area contributed by atoms with Crippen LogP contribution in [0, 0.1) is 0 Å². The second-order valence-electron chi connectivity index (χ2n) is 3.71. The molecule has 0 saturated carbocycles. The minimum Gasteiger partial charge on any atom is -0.289 e. The molecular formula is C12H13BrN4O. The van der Waals surface area contributed by atoms with E-state index in [-0.39, 0.29) is 5.91 Å². The largest absolute Gasteiger partial charge is 0.289 e. The number of benzene rings is 1. The number of rotatable bonds is 3. The molecule has 18 heavy (non-hydrogen) atoms. The zero-order chi connectivity index (χ0) is 13.1. The van der Waals surface area contributed by atoms with Crippen LogP contribution in [-0.2, 0) is 6.54 Å². The number of hydrogen-bond donors (Lipinski definition) is 2. The molecule has 1 heterocycles. The Morgan fingerprint density at radius 2 is 2.11 bits per heavy atom. The number of amides is 1. The minimum atomic E-state index is -0.340. The zero-order valence-electron chi connectivity index (χ0n) is 9.85. The third kappa shape index (κ3) is 2.44. The molecule has 1 aromatic carbocycles. The van der Waals surface area contributed by atoms with E-state index in [4.69, 9.17) is 5.84 Å². The van der Waals surface area contributed by atoms with Crippen LogP contribution in [0.25, 0.3) is 11.3 Å². The third-order valence-electron chi connectivity index (χ3n) is 2.58. The van der Waals surface area contributed by atoms with Gasteiger partial charge in [-0.3, -0.25) is 14.9 Å². The van der Waals surface area contributed by atoms with Gasteiger partial charge in [-0.15, -0.1) is 0 Å². The smallest absolute Gasteiger partial charge is 0.283 e. The van der Waals surface area contributed by atoms with Crippen LogP contribution in [0.2, 0.25) is 0 Å². The van der Waals surface area contributed by atoms with Gasteiger partial charge in [0.05, 0.1) is 5.69 Å². The van der Waals surface area contributed by atoms with Crippen LogP contribution in [0.4, 0.5) is 0 Å². The van der Waals surface area contributed by atoms with Gasteiger partial charge >= 0.3 is 0 Å². The van der Waals surface area contributed by atoms with Crippen molar-refractivity contribution in [3.8, 4) is 11.3 Å². The van der Waals surface area contributed by atoms with Gasteiger partial charge in [-0.25, -0.2) is 5.84 Å². The molecule has 2 rings (SSSR count). The molecule has 0 unspecified atom stereocenters. The average molecular weight is 309 g/mol. The fraction of sp³-hybridized carbons (Fsp3) is 0.167. The van der Waals surface area contributed by atoms with Gasteiger partial charge in [0.25, 0.3) is 5.91 Å². The van der Waals surface area contributed by atoms with Crippen LogP contribution in [-0.4, -0.2) is 15.7 Å². The van der Waals surface area contributed by atoms with Gasteiger partial charge in [0.1, 0.15) is 5.69 Å². The maximum atomic E-state index is 11.6. The van der Waals surface area contributed by atoms with E-state index in [0.29, 0.717) is 12.2 Å². The first kappa shape index (κ1) is 12.8. The summed E-state index contributed by atoms with van der Waals surface area (Å²) in [7, 11) is 0. The van der Waals surface area contributed by atoms with Crippen LogP contribution >= 0.6 is 15.9 Å². The number of halogens is 1. The second-order valence-corrected chi connectivity index (χ2v) is 4.63. The van der Waals surface area contributed by atoms with Crippen molar-refractivity contribution in [1.82, 2.24) is 15.2 Å². The Morgan fingerprint density at radius 3 is 2.67 bits per heavy atom. The Labute approximate surface area is 113 Å². The van der Waals surface area contributed by atoms with Crippen molar-refractivity contribution in [2.75, 3.05) is 0 Å². The van der Waals surface area contributed by atoms with E-state index in [1.54, 1.807) is 10.7 Å². The lowest BCUT2D eigenvalue weighted by molar-refractivity contribution is 0.0943. The predicted molar refractivity (Wildman–Crippen MR) is 72.7 cm³/mol. The highest BCUT2D eigenvalue weighted by molar-refractivity contribution is 9.10. The van der Waals surface area contributed by atoms with Crippen LogP contribution in [0.5, 0.6) is 0 Å². The summed E-state index contributed by atoms with van der Waals surface area (Å²) in [6.07, 6.45) is 0. The minimum absolute atomic E-state index is 0.340. The van der Waals surface area contributed by atoms with Gasteiger partial charge in [-0.2, -0.15) is 5.10 Å². The van der Waals surface area contributed by atoms with Crippen molar-refractivity contribution >= 4 is 21.8 Å². The lowest BCUT2D eigenvalue weighted by Gasteiger charge is -2.01. The summed E-state index contributed by atoms with van der Waals surface area (Å²) in [6.45, 7) is 2.53. The summed E-state index contributed by atoms with van der Waals surface area (Å²) in [4.78, 5) is 11.6. The fourth-order valence-corrected chi connectivity index (χ4v) is 1.94. The molecule has 5 nitrogen and oxygen atoms in total. The lowest BCUT2D eigenvalue weighted by Crippen LogP contribution is -2.31. The van der Waals surface area contributed by atoms with Gasteiger partial charge < -0.3 is 0 Å². The molecule has 3 N–H and O–H groups in total. The summed E-state index contributed by atoms with van der Waals surface area (Å²) in [5.41, 5.74) is 4.29. The molecule has 94 valence electrons. The van der Waals surface area contributed by atoms with Crippen molar-refractivity contribution in [3.05, 3.63) is 40.5 Å². The number of hydrogen-bond acceptors (Lipinski definition) is 3. The Morgan fingerprint density at radius 1 is 1.44 bits per heavy atom. The van der Waals surface area contributed by atoms with E-state index in [0.717, 1.165) is 15.7 Å². The van der Waals surface area contributed by atoms with E-state index in [2.05, 4.69) is 26.5 Å². The van der Waals surface area contributed by atoms with Crippen LogP contribution in [0.3, 0.4) is 0 Å². The summed E-state index contributed by atoms with van der Waals surface area (Å²) >= 11 is 3.38. The zero-order valence-corrected chi connectivity index (χ0v) is 11.4. The Hall–Kier alpha value is -1.66. The maximum absolute atomic E-state index is 11.6. The Bertz CT molecular complexity index is 562. The predicted octanol–water partition coefficient (Wildman–Crippen LogP) is 1.94. The van der Waals surface area contributed by atoms with Gasteiger partial charge in [0.2, 0.25) is 0 Å². The number of nitrogens with one attached hydrogen (secondary N) is 1. The molecule has 0 aliphatic heterocycles. The second kappa shape index (κ2) is 5.32. The number of nitrogen functional groups attached to an aromatic ring is 1. The fourth-order valence-electron chi connectivity index (χ4n) is 1.68. The SMILES string of the molecule is CCn1nc(-c2ccc(Br)cc2)cc1C(=O)NN. The molecule has 0 spiro atoms. The van der Waals surface area contributed by atoms with E-state index < -0.39 is 0 Å². The van der Waals surface area contributed by atoms with Gasteiger partial charge in [0, 0.05) is 16.6 Å². The number of carbonyl (C=O) groups is 1. The Kier molecular flexibility index (Phi) is 3.78. The molecular weight excluding hydrogens is 296 g/mol. The summed E-state index contributed by atoms with van der Waals surface area (Å²) in [6, 6.07) is 9.48. The van der Waals surface area contributed by atoms with Crippen LogP contribution < -0.4 is 11.3 Å². The number of hydrazine groups is 1. The lowest BCUT2D eigenvalue weighted by atomic mass is 10.1. The van der Waals surface area contributed by atoms with Crippen molar-refractivity contribution in [2.24, 2.45) is 5.84 Å². The van der Waals surface area contributed by atoms with Crippen molar-refractivity contribution in [3.63, 3.8) is 0 Å². The highest BCUT2D eigenvalue weighted by Gasteiger charge is 2.14. The van der Waals surface area contributed by atoms with Crippen LogP contribution in [0.15, 0.2) is 34.8 Å². The normalized spacial score (nSPS) is 10.4. The van der Waals surface area contributed by atoms with Gasteiger partial charge in [-0.1, -0.05) is 28.1 Å². The van der Waals surface area contributed by atoms with E-state index in [9.17, 15) is 4.79 Å². The van der Waals surface area contributed by atoms with Crippen molar-refractivity contribution in [1.29, 1.82) is 0 Å². The van der Waals surface area contributed by atoms with Crippen molar-refractivity contribution in [2.45, 2.75) is 13.5 Å². The number of carbonyl (C=O) groups excluding carboxylic acids is 1. The van der Waals surface area contributed by atoms with Crippen molar-refractivity contribution < 1.29 is 4.79 Å². The summed E-state index contributed by atoms with van der Waals surface area (Å²) < 4.78 is 2.63. The van der Waals surface area contributed by atoms with Crippen LogP contribution in [0.1, 0.15) is 17.4 Å². The Balaban J connectivity index is 2.43. The molecule has 6 heteroatoms. The summed E-state index contributed by atoms with van der Waals surface area (Å²) in [5, 5.41) is 4.38. The molecule has 0 aliphatic carbocycles. The standard InChI is InChI=1S/C12H13BrN4O/c1-2-17-11(12(18)15-14)7-10(16-17)8-3-5-9(13)6-4-8/h3-7H,2,14H2,1H3,(H,15,18). The van der Waals surface area contributed by atoms with E-state index in [1.807, 2.05) is 31.2 Å². The molecule has 0 fully saturated rings. The molecule has 0 aliphatic rings. The first-order valence-corrected chi connectivity index (χ1v) is 6.29. The highest BCUT2D eigenvalue weighted by atomic mass is 79.9. The molecule has 0 saturated heterocycles. The number of aryl methyl sites for hydroxylation is 1. The summed E-state index contributed by atoms with van der Waals surface area (Å²) in [5.74, 6) is 4.81. The molecule has 1 amide bonds.